The molecule has 0 spiro atoms. The van der Waals surface area contributed by atoms with Gasteiger partial charge in [0.2, 0.25) is 0 Å². The first kappa shape index (κ1) is 10.5. The first-order chi connectivity index (χ1) is 8.83. The van der Waals surface area contributed by atoms with Gasteiger partial charge in [-0.2, -0.15) is 0 Å². The molecule has 4 rings (SSSR count). The topological polar surface area (TPSA) is 34.9 Å². The Labute approximate surface area is 109 Å². The van der Waals surface area contributed by atoms with Gasteiger partial charge in [-0.15, -0.1) is 11.3 Å². The molecule has 2 aliphatic rings. The minimum absolute atomic E-state index is 0.286. The van der Waals surface area contributed by atoms with Crippen molar-refractivity contribution < 1.29 is 4.79 Å². The van der Waals surface area contributed by atoms with Crippen LogP contribution in [0.1, 0.15) is 53.3 Å². The standard InChI is InChI=1S/C14H14N2OS/c17-13-3-1-2-12-10(13)6-7-16(12)14-15-11(8-18-14)9-4-5-9/h6-9H,1-5H2. The molecule has 2 aromatic rings. The molecular formula is C14H14N2OS. The SMILES string of the molecule is O=C1CCCc2c1ccn2-c1nc(C2CC2)cs1. The Hall–Kier alpha value is -1.42. The van der Waals surface area contributed by atoms with Gasteiger partial charge in [0.25, 0.3) is 0 Å². The molecule has 0 saturated heterocycles. The normalized spacial score (nSPS) is 19.0. The monoisotopic (exact) mass is 258 g/mol. The smallest absolute Gasteiger partial charge is 0.193 e. The number of fused-ring (bicyclic) bond motifs is 1. The highest BCUT2D eigenvalue weighted by Crippen LogP contribution is 2.41. The first-order valence-corrected chi connectivity index (χ1v) is 7.40. The maximum Gasteiger partial charge on any atom is 0.193 e. The van der Waals surface area contributed by atoms with Gasteiger partial charge in [0.05, 0.1) is 5.69 Å². The minimum Gasteiger partial charge on any atom is -0.296 e. The fourth-order valence-electron chi connectivity index (χ4n) is 2.66. The van der Waals surface area contributed by atoms with Crippen LogP contribution in [-0.2, 0) is 6.42 Å². The highest BCUT2D eigenvalue weighted by molar-refractivity contribution is 7.12. The second kappa shape index (κ2) is 3.79. The summed E-state index contributed by atoms with van der Waals surface area (Å²) in [4.78, 5) is 16.5. The van der Waals surface area contributed by atoms with Gasteiger partial charge in [-0.05, 0) is 31.7 Å². The molecule has 92 valence electrons. The minimum atomic E-state index is 0.286. The van der Waals surface area contributed by atoms with Crippen molar-refractivity contribution in [1.82, 2.24) is 9.55 Å². The molecule has 0 unspecified atom stereocenters. The fourth-order valence-corrected chi connectivity index (χ4v) is 3.57. The number of carbonyl (C=O) groups is 1. The van der Waals surface area contributed by atoms with Crippen LogP contribution in [0, 0.1) is 0 Å². The lowest BCUT2D eigenvalue weighted by Crippen LogP contribution is -2.12. The molecule has 0 aromatic carbocycles. The number of Topliss-reactive ketones (excluding diaryl/α,β-unsaturated/α-hetero) is 1. The van der Waals surface area contributed by atoms with Crippen LogP contribution in [0.2, 0.25) is 0 Å². The fraction of sp³-hybridized carbons (Fsp3) is 0.429. The molecule has 0 amide bonds. The number of carbonyl (C=O) groups excluding carboxylic acids is 1. The van der Waals surface area contributed by atoms with Crippen molar-refractivity contribution in [3.05, 3.63) is 34.6 Å². The van der Waals surface area contributed by atoms with Crippen LogP contribution in [0.4, 0.5) is 0 Å². The second-order valence-corrected chi connectivity index (χ2v) is 5.99. The number of hydrogen-bond acceptors (Lipinski definition) is 3. The van der Waals surface area contributed by atoms with E-state index in [1.807, 2.05) is 12.3 Å². The molecule has 4 heteroatoms. The maximum absolute atomic E-state index is 11.8. The van der Waals surface area contributed by atoms with Crippen molar-refractivity contribution in [1.29, 1.82) is 0 Å². The third kappa shape index (κ3) is 1.56. The molecule has 0 atom stereocenters. The first-order valence-electron chi connectivity index (χ1n) is 6.52. The van der Waals surface area contributed by atoms with E-state index in [-0.39, 0.29) is 5.78 Å². The summed E-state index contributed by atoms with van der Waals surface area (Å²) in [5, 5.41) is 3.19. The summed E-state index contributed by atoms with van der Waals surface area (Å²) in [5.41, 5.74) is 3.30. The van der Waals surface area contributed by atoms with Crippen molar-refractivity contribution in [2.75, 3.05) is 0 Å². The number of rotatable bonds is 2. The van der Waals surface area contributed by atoms with E-state index < -0.39 is 0 Å². The molecule has 2 aliphatic carbocycles. The van der Waals surface area contributed by atoms with E-state index in [4.69, 9.17) is 4.98 Å². The number of aromatic nitrogens is 2. The molecule has 2 aromatic heterocycles. The summed E-state index contributed by atoms with van der Waals surface area (Å²) in [6.45, 7) is 0. The molecular weight excluding hydrogens is 244 g/mol. The van der Waals surface area contributed by atoms with Crippen LogP contribution in [0.25, 0.3) is 5.13 Å². The Balaban J connectivity index is 1.77. The molecule has 1 saturated carbocycles. The Morgan fingerprint density at radius 2 is 2.22 bits per heavy atom. The molecule has 0 N–H and O–H groups in total. The van der Waals surface area contributed by atoms with E-state index in [1.165, 1.54) is 18.5 Å². The average molecular weight is 258 g/mol. The van der Waals surface area contributed by atoms with Crippen molar-refractivity contribution >= 4 is 17.1 Å². The van der Waals surface area contributed by atoms with Crippen LogP contribution < -0.4 is 0 Å². The van der Waals surface area contributed by atoms with Gasteiger partial charge in [0.15, 0.2) is 10.9 Å². The van der Waals surface area contributed by atoms with E-state index in [9.17, 15) is 4.79 Å². The van der Waals surface area contributed by atoms with Gasteiger partial charge < -0.3 is 0 Å². The van der Waals surface area contributed by atoms with Crippen molar-refractivity contribution in [3.8, 4) is 5.13 Å². The van der Waals surface area contributed by atoms with Gasteiger partial charge in [0, 0.05) is 35.2 Å². The highest BCUT2D eigenvalue weighted by atomic mass is 32.1. The Bertz CT molecular complexity index is 622. The van der Waals surface area contributed by atoms with Crippen LogP contribution in [-0.4, -0.2) is 15.3 Å². The molecule has 18 heavy (non-hydrogen) atoms. The molecule has 0 radical (unpaired) electrons. The molecule has 2 heterocycles. The highest BCUT2D eigenvalue weighted by Gasteiger charge is 2.27. The third-order valence-corrected chi connectivity index (χ3v) is 4.68. The predicted molar refractivity (Wildman–Crippen MR) is 70.7 cm³/mol. The van der Waals surface area contributed by atoms with Crippen LogP contribution in [0.5, 0.6) is 0 Å². The van der Waals surface area contributed by atoms with Crippen molar-refractivity contribution in [2.45, 2.75) is 38.0 Å². The molecule has 0 bridgehead atoms. The van der Waals surface area contributed by atoms with Crippen molar-refractivity contribution in [2.24, 2.45) is 0 Å². The zero-order valence-electron chi connectivity index (χ0n) is 10.1. The van der Waals surface area contributed by atoms with Gasteiger partial charge >= 0.3 is 0 Å². The lowest BCUT2D eigenvalue weighted by Gasteiger charge is -2.13. The van der Waals surface area contributed by atoms with Crippen LogP contribution in [0.3, 0.4) is 0 Å². The summed E-state index contributed by atoms with van der Waals surface area (Å²) in [6.07, 6.45) is 7.23. The van der Waals surface area contributed by atoms with Gasteiger partial charge in [0.1, 0.15) is 0 Å². The number of thiazole rings is 1. The van der Waals surface area contributed by atoms with Crippen molar-refractivity contribution in [3.63, 3.8) is 0 Å². The maximum atomic E-state index is 11.8. The Kier molecular flexibility index (Phi) is 2.21. The number of ketones is 1. The summed E-state index contributed by atoms with van der Waals surface area (Å²) >= 11 is 1.69. The van der Waals surface area contributed by atoms with Gasteiger partial charge in [-0.25, -0.2) is 4.98 Å². The quantitative estimate of drug-likeness (QED) is 0.828. The van der Waals surface area contributed by atoms with E-state index in [0.29, 0.717) is 12.3 Å². The van der Waals surface area contributed by atoms with Gasteiger partial charge in [-0.1, -0.05) is 0 Å². The molecule has 1 fully saturated rings. The summed E-state index contributed by atoms with van der Waals surface area (Å²) in [7, 11) is 0. The van der Waals surface area contributed by atoms with Crippen LogP contribution >= 0.6 is 11.3 Å². The van der Waals surface area contributed by atoms with E-state index in [2.05, 4.69) is 9.95 Å². The van der Waals surface area contributed by atoms with E-state index >= 15 is 0 Å². The zero-order valence-corrected chi connectivity index (χ0v) is 10.9. The third-order valence-electron chi connectivity index (χ3n) is 3.82. The summed E-state index contributed by atoms with van der Waals surface area (Å²) in [6, 6.07) is 1.95. The molecule has 3 nitrogen and oxygen atoms in total. The summed E-state index contributed by atoms with van der Waals surface area (Å²) in [5.74, 6) is 0.983. The summed E-state index contributed by atoms with van der Waals surface area (Å²) < 4.78 is 2.11. The Morgan fingerprint density at radius 3 is 3.06 bits per heavy atom. The second-order valence-electron chi connectivity index (χ2n) is 5.15. The van der Waals surface area contributed by atoms with E-state index in [0.717, 1.165) is 29.2 Å². The number of hydrogen-bond donors (Lipinski definition) is 0. The zero-order chi connectivity index (χ0) is 12.1. The van der Waals surface area contributed by atoms with Gasteiger partial charge in [-0.3, -0.25) is 9.36 Å². The Morgan fingerprint density at radius 1 is 1.33 bits per heavy atom. The lowest BCUT2D eigenvalue weighted by molar-refractivity contribution is 0.0972. The molecule has 0 aliphatic heterocycles. The average Bonchev–Trinajstić information content (AvgIpc) is 2.95. The predicted octanol–water partition coefficient (Wildman–Crippen LogP) is 3.33. The number of nitrogens with zero attached hydrogens (tertiary/aromatic N) is 2. The van der Waals surface area contributed by atoms with Crippen LogP contribution in [0.15, 0.2) is 17.6 Å². The largest absolute Gasteiger partial charge is 0.296 e. The lowest BCUT2D eigenvalue weighted by atomic mass is 9.97. The van der Waals surface area contributed by atoms with E-state index in [1.54, 1.807) is 11.3 Å².